The molecular weight excluding hydrogens is 408 g/mol. The van der Waals surface area contributed by atoms with Crippen molar-refractivity contribution in [1.82, 2.24) is 9.80 Å². The molecule has 1 heterocycles. The molecule has 0 unspecified atom stereocenters. The normalized spacial score (nSPS) is 16.7. The van der Waals surface area contributed by atoms with E-state index < -0.39 is 0 Å². The lowest BCUT2D eigenvalue weighted by Gasteiger charge is -2.26. The minimum Gasteiger partial charge on any atom is -0.507 e. The van der Waals surface area contributed by atoms with E-state index in [0.29, 0.717) is 11.5 Å². The maximum Gasteiger partial charge on any atom is 0.122 e. The maximum absolute atomic E-state index is 10.7. The summed E-state index contributed by atoms with van der Waals surface area (Å²) in [5.74, 6) is 0.868. The standard InChI is InChI=1S/C29H44N2O2/c1-20-14-24(28(3,4)5)16-22(26(20)32)18-30-10-9-11-31(13-12-30)19-23-17-25(29(6,7)8)15-21(2)27(23)33/h14-17,32-33H,9-13,18-19H2,1-8H3. The fourth-order valence-electron chi connectivity index (χ4n) is 4.63. The van der Waals surface area contributed by atoms with Crippen molar-refractivity contribution in [3.63, 3.8) is 0 Å². The number of phenols is 2. The number of rotatable bonds is 4. The van der Waals surface area contributed by atoms with Crippen molar-refractivity contribution in [2.24, 2.45) is 0 Å². The Bertz CT molecular complexity index is 903. The van der Waals surface area contributed by atoms with E-state index in [2.05, 4.69) is 75.6 Å². The average molecular weight is 453 g/mol. The second-order valence-corrected chi connectivity index (χ2v) is 12.0. The van der Waals surface area contributed by atoms with Gasteiger partial charge in [-0.15, -0.1) is 0 Å². The number of aryl methyl sites for hydroxylation is 2. The van der Waals surface area contributed by atoms with Crippen molar-refractivity contribution >= 4 is 0 Å². The summed E-state index contributed by atoms with van der Waals surface area (Å²) in [6, 6.07) is 8.60. The smallest absolute Gasteiger partial charge is 0.122 e. The molecule has 1 saturated heterocycles. The quantitative estimate of drug-likeness (QED) is 0.596. The summed E-state index contributed by atoms with van der Waals surface area (Å²) in [6.45, 7) is 22.8. The third-order valence-corrected chi connectivity index (χ3v) is 6.96. The molecule has 0 bridgehead atoms. The molecule has 3 rings (SSSR count). The molecule has 1 fully saturated rings. The summed E-state index contributed by atoms with van der Waals surface area (Å²) >= 11 is 0. The summed E-state index contributed by atoms with van der Waals surface area (Å²) in [6.07, 6.45) is 1.08. The fraction of sp³-hybridized carbons (Fsp3) is 0.586. The maximum atomic E-state index is 10.7. The molecule has 0 aliphatic carbocycles. The number of aromatic hydroxyl groups is 2. The molecule has 0 spiro atoms. The lowest BCUT2D eigenvalue weighted by atomic mass is 9.84. The highest BCUT2D eigenvalue weighted by Gasteiger charge is 2.22. The zero-order valence-electron chi connectivity index (χ0n) is 22.0. The molecule has 0 amide bonds. The second-order valence-electron chi connectivity index (χ2n) is 12.0. The first-order chi connectivity index (χ1) is 15.3. The van der Waals surface area contributed by atoms with Gasteiger partial charge in [-0.2, -0.15) is 0 Å². The number of hydrogen-bond donors (Lipinski definition) is 2. The molecule has 182 valence electrons. The molecule has 0 radical (unpaired) electrons. The predicted octanol–water partition coefficient (Wildman–Crippen LogP) is 6.02. The molecule has 0 aromatic heterocycles. The Morgan fingerprint density at radius 1 is 0.636 bits per heavy atom. The van der Waals surface area contributed by atoms with Crippen LogP contribution in [-0.4, -0.2) is 46.2 Å². The van der Waals surface area contributed by atoms with Gasteiger partial charge in [0.1, 0.15) is 11.5 Å². The van der Waals surface area contributed by atoms with Crippen LogP contribution in [-0.2, 0) is 23.9 Å². The third kappa shape index (κ3) is 6.30. The first-order valence-corrected chi connectivity index (χ1v) is 12.4. The van der Waals surface area contributed by atoms with Gasteiger partial charge in [0.2, 0.25) is 0 Å². The first kappa shape index (κ1) is 25.6. The largest absolute Gasteiger partial charge is 0.507 e. The van der Waals surface area contributed by atoms with Crippen LogP contribution in [0.3, 0.4) is 0 Å². The van der Waals surface area contributed by atoms with E-state index in [4.69, 9.17) is 0 Å². The van der Waals surface area contributed by atoms with Crippen molar-refractivity contribution in [2.75, 3.05) is 26.2 Å². The van der Waals surface area contributed by atoms with E-state index in [1.807, 2.05) is 13.8 Å². The number of phenolic OH excluding ortho intramolecular Hbond substituents is 2. The van der Waals surface area contributed by atoms with Crippen molar-refractivity contribution < 1.29 is 10.2 Å². The van der Waals surface area contributed by atoms with Crippen LogP contribution in [0.1, 0.15) is 81.3 Å². The Morgan fingerprint density at radius 2 is 1.00 bits per heavy atom. The van der Waals surface area contributed by atoms with Gasteiger partial charge in [0.05, 0.1) is 0 Å². The Labute approximate surface area is 201 Å². The average Bonchev–Trinajstić information content (AvgIpc) is 2.92. The van der Waals surface area contributed by atoms with Gasteiger partial charge in [0, 0.05) is 37.3 Å². The van der Waals surface area contributed by atoms with Crippen molar-refractivity contribution in [1.29, 1.82) is 0 Å². The highest BCUT2D eigenvalue weighted by Crippen LogP contribution is 2.33. The van der Waals surface area contributed by atoms with E-state index in [0.717, 1.165) is 67.9 Å². The summed E-state index contributed by atoms with van der Waals surface area (Å²) in [5.41, 5.74) is 6.63. The van der Waals surface area contributed by atoms with Crippen molar-refractivity contribution in [2.45, 2.75) is 85.7 Å². The lowest BCUT2D eigenvalue weighted by molar-refractivity contribution is 0.243. The van der Waals surface area contributed by atoms with Crippen LogP contribution in [0.5, 0.6) is 11.5 Å². The summed E-state index contributed by atoms with van der Waals surface area (Å²) in [5, 5.41) is 21.4. The minimum absolute atomic E-state index is 0.0600. The van der Waals surface area contributed by atoms with Crippen LogP contribution in [0.4, 0.5) is 0 Å². The van der Waals surface area contributed by atoms with E-state index >= 15 is 0 Å². The van der Waals surface area contributed by atoms with E-state index in [-0.39, 0.29) is 10.8 Å². The summed E-state index contributed by atoms with van der Waals surface area (Å²) in [7, 11) is 0. The predicted molar refractivity (Wildman–Crippen MR) is 138 cm³/mol. The molecule has 1 aliphatic heterocycles. The van der Waals surface area contributed by atoms with E-state index in [1.165, 1.54) is 11.1 Å². The second kappa shape index (κ2) is 9.68. The van der Waals surface area contributed by atoms with Gasteiger partial charge in [0.15, 0.2) is 0 Å². The lowest BCUT2D eigenvalue weighted by Crippen LogP contribution is -2.30. The van der Waals surface area contributed by atoms with Gasteiger partial charge < -0.3 is 10.2 Å². The van der Waals surface area contributed by atoms with Crippen LogP contribution < -0.4 is 0 Å². The van der Waals surface area contributed by atoms with Gasteiger partial charge >= 0.3 is 0 Å². The minimum atomic E-state index is 0.0600. The Kier molecular flexibility index (Phi) is 7.50. The zero-order valence-corrected chi connectivity index (χ0v) is 22.0. The fourth-order valence-corrected chi connectivity index (χ4v) is 4.63. The highest BCUT2D eigenvalue weighted by atomic mass is 16.3. The van der Waals surface area contributed by atoms with Crippen LogP contribution in [0.25, 0.3) is 0 Å². The van der Waals surface area contributed by atoms with Crippen molar-refractivity contribution in [3.05, 3.63) is 57.6 Å². The van der Waals surface area contributed by atoms with Crippen LogP contribution in [0, 0.1) is 13.8 Å². The highest BCUT2D eigenvalue weighted by molar-refractivity contribution is 5.46. The molecule has 0 saturated carbocycles. The molecular formula is C29H44N2O2. The molecule has 4 nitrogen and oxygen atoms in total. The van der Waals surface area contributed by atoms with Gasteiger partial charge in [-0.05, 0) is 66.4 Å². The van der Waals surface area contributed by atoms with Gasteiger partial charge in [-0.3, -0.25) is 9.80 Å². The Balaban J connectivity index is 1.71. The monoisotopic (exact) mass is 452 g/mol. The molecule has 0 atom stereocenters. The first-order valence-electron chi connectivity index (χ1n) is 12.4. The third-order valence-electron chi connectivity index (χ3n) is 6.96. The van der Waals surface area contributed by atoms with Crippen molar-refractivity contribution in [3.8, 4) is 11.5 Å². The van der Waals surface area contributed by atoms with Crippen LogP contribution in [0.2, 0.25) is 0 Å². The molecule has 1 aliphatic rings. The zero-order chi connectivity index (χ0) is 24.6. The molecule has 2 N–H and O–H groups in total. The molecule has 33 heavy (non-hydrogen) atoms. The van der Waals surface area contributed by atoms with Gasteiger partial charge in [-0.1, -0.05) is 65.8 Å². The molecule has 2 aromatic rings. The molecule has 2 aromatic carbocycles. The van der Waals surface area contributed by atoms with E-state index in [9.17, 15) is 10.2 Å². The van der Waals surface area contributed by atoms with Gasteiger partial charge in [-0.25, -0.2) is 0 Å². The number of benzene rings is 2. The Morgan fingerprint density at radius 3 is 1.33 bits per heavy atom. The Hall–Kier alpha value is -2.04. The van der Waals surface area contributed by atoms with E-state index in [1.54, 1.807) is 0 Å². The molecule has 4 heteroatoms. The summed E-state index contributed by atoms with van der Waals surface area (Å²) in [4.78, 5) is 4.91. The SMILES string of the molecule is Cc1cc(C(C)(C)C)cc(CN2CCCN(Cc3cc(C(C)(C)C)cc(C)c3O)CC2)c1O. The van der Waals surface area contributed by atoms with Crippen LogP contribution >= 0.6 is 0 Å². The topological polar surface area (TPSA) is 46.9 Å². The van der Waals surface area contributed by atoms with Crippen LogP contribution in [0.15, 0.2) is 24.3 Å². The number of hydrogen-bond acceptors (Lipinski definition) is 4. The van der Waals surface area contributed by atoms with Gasteiger partial charge in [0.25, 0.3) is 0 Å². The number of nitrogens with zero attached hydrogens (tertiary/aromatic N) is 2. The summed E-state index contributed by atoms with van der Waals surface area (Å²) < 4.78 is 0.